The van der Waals surface area contributed by atoms with Crippen molar-refractivity contribution >= 4 is 22.7 Å². The van der Waals surface area contributed by atoms with Crippen LogP contribution in [0.15, 0.2) is 58.5 Å². The topological polar surface area (TPSA) is 81.7 Å². The first-order valence-electron chi connectivity index (χ1n) is 11.0. The number of likely N-dealkylation sites (tertiary alicyclic amines) is 1. The lowest BCUT2D eigenvalue weighted by molar-refractivity contribution is 0.167. The van der Waals surface area contributed by atoms with Crippen molar-refractivity contribution in [3.05, 3.63) is 70.5 Å². The zero-order chi connectivity index (χ0) is 22.8. The van der Waals surface area contributed by atoms with Crippen molar-refractivity contribution in [2.45, 2.75) is 43.3 Å². The zero-order valence-corrected chi connectivity index (χ0v) is 19.1. The Labute approximate surface area is 194 Å². The maximum atomic E-state index is 13.6. The summed E-state index contributed by atoms with van der Waals surface area (Å²) in [4.78, 5) is 15.2. The van der Waals surface area contributed by atoms with Crippen LogP contribution in [-0.4, -0.2) is 47.7 Å². The second-order valence-electron chi connectivity index (χ2n) is 8.11. The van der Waals surface area contributed by atoms with Gasteiger partial charge in [0.2, 0.25) is 0 Å². The maximum Gasteiger partial charge on any atom is 0.278 e. The van der Waals surface area contributed by atoms with Crippen molar-refractivity contribution in [1.29, 1.82) is 0 Å². The molecule has 4 aromatic rings. The molecule has 0 spiro atoms. The molecule has 0 saturated carbocycles. The molecule has 1 aliphatic heterocycles. The number of nitrogens with zero attached hydrogens (tertiary/aromatic N) is 7. The molecule has 0 unspecified atom stereocenters. The Morgan fingerprint density at radius 1 is 1.00 bits per heavy atom. The average molecular weight is 466 g/mol. The molecular formula is C23H24FN7OS. The number of piperidine rings is 1. The van der Waals surface area contributed by atoms with Gasteiger partial charge in [-0.05, 0) is 69.3 Å². The summed E-state index contributed by atoms with van der Waals surface area (Å²) in [7, 11) is 0. The monoisotopic (exact) mass is 465 g/mol. The van der Waals surface area contributed by atoms with E-state index in [0.29, 0.717) is 16.1 Å². The second-order valence-corrected chi connectivity index (χ2v) is 9.02. The van der Waals surface area contributed by atoms with E-state index in [0.717, 1.165) is 24.6 Å². The van der Waals surface area contributed by atoms with Crippen molar-refractivity contribution in [2.24, 2.45) is 0 Å². The molecule has 0 amide bonds. The third kappa shape index (κ3) is 4.40. The first-order chi connectivity index (χ1) is 16.1. The smallest absolute Gasteiger partial charge is 0.278 e. The number of halogens is 1. The highest BCUT2D eigenvalue weighted by Gasteiger charge is 2.25. The predicted molar refractivity (Wildman–Crippen MR) is 125 cm³/mol. The molecule has 33 heavy (non-hydrogen) atoms. The number of rotatable bonds is 6. The minimum atomic E-state index is -0.301. The van der Waals surface area contributed by atoms with Crippen molar-refractivity contribution in [1.82, 2.24) is 34.7 Å². The lowest BCUT2D eigenvalue weighted by atomic mass is 10.1. The predicted octanol–water partition coefficient (Wildman–Crippen LogP) is 3.81. The van der Waals surface area contributed by atoms with Gasteiger partial charge in [-0.2, -0.15) is 4.68 Å². The zero-order valence-electron chi connectivity index (χ0n) is 18.3. The molecule has 2 aromatic carbocycles. The second kappa shape index (κ2) is 9.40. The van der Waals surface area contributed by atoms with Crippen molar-refractivity contribution in [2.75, 3.05) is 13.1 Å². The summed E-state index contributed by atoms with van der Waals surface area (Å²) in [5.74, 6) is 0.723. The van der Waals surface area contributed by atoms with Gasteiger partial charge in [0, 0.05) is 5.69 Å². The number of benzene rings is 2. The molecule has 1 saturated heterocycles. The van der Waals surface area contributed by atoms with Crippen LogP contribution in [0, 0.1) is 5.82 Å². The van der Waals surface area contributed by atoms with Crippen LogP contribution >= 0.6 is 11.8 Å². The molecule has 1 fully saturated rings. The van der Waals surface area contributed by atoms with Gasteiger partial charge in [0.25, 0.3) is 5.56 Å². The third-order valence-corrected chi connectivity index (χ3v) is 6.90. The molecule has 0 radical (unpaired) electrons. The van der Waals surface area contributed by atoms with Crippen LogP contribution in [0.2, 0.25) is 0 Å². The summed E-state index contributed by atoms with van der Waals surface area (Å²) in [6.07, 6.45) is 3.58. The third-order valence-electron chi connectivity index (χ3n) is 6.00. The minimum absolute atomic E-state index is 0.0559. The van der Waals surface area contributed by atoms with Crippen LogP contribution in [0.3, 0.4) is 0 Å². The van der Waals surface area contributed by atoms with Crippen LogP contribution < -0.4 is 5.56 Å². The fourth-order valence-corrected chi connectivity index (χ4v) is 5.01. The summed E-state index contributed by atoms with van der Waals surface area (Å²) in [5.41, 5.74) is 1.14. The summed E-state index contributed by atoms with van der Waals surface area (Å²) in [6.45, 7) is 4.16. The molecule has 5 rings (SSSR count). The summed E-state index contributed by atoms with van der Waals surface area (Å²) >= 11 is 1.34. The highest BCUT2D eigenvalue weighted by atomic mass is 32.2. The Kier molecular flexibility index (Phi) is 6.19. The van der Waals surface area contributed by atoms with Crippen LogP contribution in [-0.2, 0) is 5.88 Å². The lowest BCUT2D eigenvalue weighted by Gasteiger charge is -2.31. The number of thioether (sulfide) groups is 1. The first-order valence-corrected chi connectivity index (χ1v) is 12.0. The normalized spacial score (nSPS) is 15.7. The molecular weight excluding hydrogens is 441 g/mol. The molecule has 2 aromatic heterocycles. The number of aromatic nitrogens is 6. The molecule has 170 valence electrons. The molecule has 0 bridgehead atoms. The van der Waals surface area contributed by atoms with Gasteiger partial charge >= 0.3 is 0 Å². The number of hydrogen-bond acceptors (Lipinski definition) is 7. The van der Waals surface area contributed by atoms with E-state index in [9.17, 15) is 9.18 Å². The lowest BCUT2D eigenvalue weighted by Crippen LogP contribution is -2.33. The van der Waals surface area contributed by atoms with Crippen LogP contribution in [0.4, 0.5) is 4.39 Å². The number of hydrogen-bond donors (Lipinski definition) is 0. The van der Waals surface area contributed by atoms with Gasteiger partial charge in [-0.15, -0.1) is 15.3 Å². The van der Waals surface area contributed by atoms with Crippen LogP contribution in [0.5, 0.6) is 0 Å². The summed E-state index contributed by atoms with van der Waals surface area (Å²) in [6, 6.07) is 13.5. The van der Waals surface area contributed by atoms with Gasteiger partial charge in [-0.1, -0.05) is 35.5 Å². The quantitative estimate of drug-likeness (QED) is 0.401. The van der Waals surface area contributed by atoms with E-state index in [4.69, 9.17) is 0 Å². The molecule has 3 heterocycles. The molecule has 10 heteroatoms. The SMILES string of the molecule is C[C@@H](c1nnc(SCn2nnc3ccccc3c2=O)n1-c1ccc(F)cc1)N1CCCCC1. The Morgan fingerprint density at radius 3 is 2.55 bits per heavy atom. The van der Waals surface area contributed by atoms with Crippen LogP contribution in [0.25, 0.3) is 16.6 Å². The fraction of sp³-hybridized carbons (Fsp3) is 0.348. The summed E-state index contributed by atoms with van der Waals surface area (Å²) in [5, 5.41) is 18.3. The van der Waals surface area contributed by atoms with E-state index in [1.807, 2.05) is 16.7 Å². The van der Waals surface area contributed by atoms with Gasteiger partial charge in [0.1, 0.15) is 11.3 Å². The standard InChI is InChI=1S/C23H24FN7OS/c1-16(29-13-5-2-6-14-29)21-26-27-23(31(21)18-11-9-17(24)10-12-18)33-15-30-22(32)19-7-3-4-8-20(19)25-28-30/h3-4,7-12,16H,2,5-6,13-15H2,1H3/t16-/m0/s1. The van der Waals surface area contributed by atoms with Crippen molar-refractivity contribution < 1.29 is 4.39 Å². The van der Waals surface area contributed by atoms with Gasteiger partial charge in [0.15, 0.2) is 11.0 Å². The van der Waals surface area contributed by atoms with E-state index in [2.05, 4.69) is 32.3 Å². The van der Waals surface area contributed by atoms with Gasteiger partial charge in [-0.3, -0.25) is 14.3 Å². The van der Waals surface area contributed by atoms with E-state index < -0.39 is 0 Å². The molecule has 0 N–H and O–H groups in total. The maximum absolute atomic E-state index is 13.6. The minimum Gasteiger partial charge on any atom is -0.294 e. The average Bonchev–Trinajstić information content (AvgIpc) is 3.28. The number of fused-ring (bicyclic) bond motifs is 1. The van der Waals surface area contributed by atoms with Crippen LogP contribution in [0.1, 0.15) is 38.1 Å². The molecule has 1 aliphatic rings. The molecule has 8 nitrogen and oxygen atoms in total. The van der Waals surface area contributed by atoms with Crippen molar-refractivity contribution in [3.8, 4) is 5.69 Å². The molecule has 1 atom stereocenters. The van der Waals surface area contributed by atoms with E-state index in [1.54, 1.807) is 24.3 Å². The Balaban J connectivity index is 1.48. The Bertz CT molecular complexity index is 1310. The largest absolute Gasteiger partial charge is 0.294 e. The summed E-state index contributed by atoms with van der Waals surface area (Å²) < 4.78 is 16.9. The van der Waals surface area contributed by atoms with E-state index >= 15 is 0 Å². The van der Waals surface area contributed by atoms with E-state index in [1.165, 1.54) is 47.8 Å². The molecule has 0 aliphatic carbocycles. The fourth-order valence-electron chi connectivity index (χ4n) is 4.17. The Morgan fingerprint density at radius 2 is 1.76 bits per heavy atom. The highest BCUT2D eigenvalue weighted by Crippen LogP contribution is 2.29. The Hall–Kier alpha value is -3.11. The van der Waals surface area contributed by atoms with E-state index in [-0.39, 0.29) is 23.3 Å². The van der Waals surface area contributed by atoms with Gasteiger partial charge in [-0.25, -0.2) is 4.39 Å². The first kappa shape index (κ1) is 21.7. The van der Waals surface area contributed by atoms with Crippen molar-refractivity contribution in [3.63, 3.8) is 0 Å². The van der Waals surface area contributed by atoms with Gasteiger partial charge in [0.05, 0.1) is 17.3 Å². The van der Waals surface area contributed by atoms with Gasteiger partial charge < -0.3 is 0 Å². The highest BCUT2D eigenvalue weighted by molar-refractivity contribution is 7.98.